The first-order valence-corrected chi connectivity index (χ1v) is 6.68. The highest BCUT2D eigenvalue weighted by atomic mass is 16.2. The number of likely N-dealkylation sites (N-methyl/N-ethyl adjacent to an activating group) is 1. The van der Waals surface area contributed by atoms with Gasteiger partial charge in [-0.25, -0.2) is 0 Å². The molecule has 100 valence electrons. The molecule has 3 nitrogen and oxygen atoms in total. The van der Waals surface area contributed by atoms with Crippen molar-refractivity contribution < 1.29 is 4.79 Å². The molecule has 0 radical (unpaired) electrons. The van der Waals surface area contributed by atoms with E-state index in [0.717, 1.165) is 22.5 Å². The molecule has 1 aliphatic rings. The quantitative estimate of drug-likeness (QED) is 0.779. The van der Waals surface area contributed by atoms with Crippen LogP contribution >= 0.6 is 0 Å². The van der Waals surface area contributed by atoms with Crippen LogP contribution in [0.1, 0.15) is 18.1 Å². The van der Waals surface area contributed by atoms with Crippen molar-refractivity contribution in [2.24, 2.45) is 4.99 Å². The Morgan fingerprint density at radius 3 is 2.40 bits per heavy atom. The number of amides is 1. The fraction of sp³-hybridized carbons (Fsp3) is 0.176. The summed E-state index contributed by atoms with van der Waals surface area (Å²) >= 11 is 0. The van der Waals surface area contributed by atoms with E-state index in [1.807, 2.05) is 61.5 Å². The number of aliphatic imine (C=N–C) groups is 1. The summed E-state index contributed by atoms with van der Waals surface area (Å²) in [5, 5.41) is 0. The number of hydrogen-bond acceptors (Lipinski definition) is 2. The van der Waals surface area contributed by atoms with Crippen LogP contribution in [0.15, 0.2) is 59.6 Å². The van der Waals surface area contributed by atoms with E-state index < -0.39 is 0 Å². The van der Waals surface area contributed by atoms with Crippen molar-refractivity contribution in [2.75, 3.05) is 11.9 Å². The monoisotopic (exact) mass is 264 g/mol. The summed E-state index contributed by atoms with van der Waals surface area (Å²) in [5.74, 6) is 0.0170. The van der Waals surface area contributed by atoms with Crippen LogP contribution < -0.4 is 4.90 Å². The molecular formula is C17H16N2O. The topological polar surface area (TPSA) is 32.7 Å². The highest BCUT2D eigenvalue weighted by molar-refractivity contribution is 6.19. The van der Waals surface area contributed by atoms with Gasteiger partial charge in [0.15, 0.2) is 0 Å². The van der Waals surface area contributed by atoms with Gasteiger partial charge in [-0.2, -0.15) is 0 Å². The molecule has 2 aromatic carbocycles. The van der Waals surface area contributed by atoms with Gasteiger partial charge in [-0.15, -0.1) is 0 Å². The average Bonchev–Trinajstić information content (AvgIpc) is 2.60. The van der Waals surface area contributed by atoms with E-state index in [-0.39, 0.29) is 11.9 Å². The van der Waals surface area contributed by atoms with Crippen LogP contribution in [0.5, 0.6) is 0 Å². The molecule has 3 heteroatoms. The van der Waals surface area contributed by atoms with E-state index in [2.05, 4.69) is 4.99 Å². The lowest BCUT2D eigenvalue weighted by Gasteiger charge is -2.18. The predicted octanol–water partition coefficient (Wildman–Crippen LogP) is 2.89. The lowest BCUT2D eigenvalue weighted by atomic mass is 10.0. The van der Waals surface area contributed by atoms with Crippen molar-refractivity contribution in [3.8, 4) is 0 Å². The molecule has 0 aromatic heterocycles. The molecule has 0 saturated carbocycles. The maximum Gasteiger partial charge on any atom is 0.251 e. The number of carbonyl (C=O) groups is 1. The van der Waals surface area contributed by atoms with Gasteiger partial charge in [0.2, 0.25) is 0 Å². The van der Waals surface area contributed by atoms with Crippen molar-refractivity contribution in [2.45, 2.75) is 13.0 Å². The third kappa shape index (κ3) is 2.01. The molecular weight excluding hydrogens is 248 g/mol. The summed E-state index contributed by atoms with van der Waals surface area (Å²) in [6.45, 7) is 1.84. The van der Waals surface area contributed by atoms with Crippen LogP contribution in [0.4, 0.5) is 5.69 Å². The van der Waals surface area contributed by atoms with Crippen molar-refractivity contribution in [1.82, 2.24) is 0 Å². The first kappa shape index (κ1) is 12.6. The van der Waals surface area contributed by atoms with Crippen LogP contribution in [0.25, 0.3) is 0 Å². The number of hydrogen-bond donors (Lipinski definition) is 0. The van der Waals surface area contributed by atoms with Crippen LogP contribution in [0.3, 0.4) is 0 Å². The third-order valence-electron chi connectivity index (χ3n) is 3.58. The first-order valence-electron chi connectivity index (χ1n) is 6.68. The molecule has 1 amide bonds. The SMILES string of the molecule is CC1N=C(c2ccccc2)c2ccccc2N(C)C1=O. The number of anilines is 1. The van der Waals surface area contributed by atoms with Gasteiger partial charge in [-0.1, -0.05) is 48.5 Å². The highest BCUT2D eigenvalue weighted by Crippen LogP contribution is 2.27. The Hall–Kier alpha value is -2.42. The molecule has 0 fully saturated rings. The molecule has 3 rings (SSSR count). The normalized spacial score (nSPS) is 18.3. The van der Waals surface area contributed by atoms with Gasteiger partial charge in [0.1, 0.15) is 6.04 Å². The maximum absolute atomic E-state index is 12.3. The Morgan fingerprint density at radius 1 is 1.00 bits per heavy atom. The maximum atomic E-state index is 12.3. The summed E-state index contributed by atoms with van der Waals surface area (Å²) in [6, 6.07) is 17.5. The zero-order chi connectivity index (χ0) is 14.1. The number of benzene rings is 2. The summed E-state index contributed by atoms with van der Waals surface area (Å²) in [4.78, 5) is 18.6. The minimum Gasteiger partial charge on any atom is -0.313 e. The zero-order valence-corrected chi connectivity index (χ0v) is 11.6. The molecule has 2 aromatic rings. The van der Waals surface area contributed by atoms with E-state index in [0.29, 0.717) is 0 Å². The number of nitrogens with zero attached hydrogens (tertiary/aromatic N) is 2. The van der Waals surface area contributed by atoms with E-state index >= 15 is 0 Å². The Balaban J connectivity index is 2.24. The molecule has 0 aliphatic carbocycles. The molecule has 0 N–H and O–H groups in total. The summed E-state index contributed by atoms with van der Waals surface area (Å²) in [5.41, 5.74) is 3.82. The van der Waals surface area contributed by atoms with Gasteiger partial charge in [-0.3, -0.25) is 9.79 Å². The molecule has 1 aliphatic heterocycles. The zero-order valence-electron chi connectivity index (χ0n) is 11.6. The van der Waals surface area contributed by atoms with E-state index in [1.165, 1.54) is 0 Å². The standard InChI is InChI=1S/C17H16N2O/c1-12-17(20)19(2)15-11-7-6-10-14(15)16(18-12)13-8-4-3-5-9-13/h3-12H,1-2H3. The molecule has 1 atom stereocenters. The van der Waals surface area contributed by atoms with E-state index in [4.69, 9.17) is 0 Å². The van der Waals surface area contributed by atoms with Crippen LogP contribution in [0.2, 0.25) is 0 Å². The fourth-order valence-electron chi connectivity index (χ4n) is 2.51. The van der Waals surface area contributed by atoms with Crippen LogP contribution in [0, 0.1) is 0 Å². The van der Waals surface area contributed by atoms with Crippen molar-refractivity contribution in [1.29, 1.82) is 0 Å². The van der Waals surface area contributed by atoms with E-state index in [9.17, 15) is 4.79 Å². The Morgan fingerprint density at radius 2 is 1.65 bits per heavy atom. The second-order valence-corrected chi connectivity index (χ2v) is 4.93. The molecule has 0 saturated heterocycles. The third-order valence-corrected chi connectivity index (χ3v) is 3.58. The molecule has 1 heterocycles. The molecule has 0 bridgehead atoms. The van der Waals surface area contributed by atoms with Gasteiger partial charge in [0, 0.05) is 18.2 Å². The largest absolute Gasteiger partial charge is 0.313 e. The molecule has 20 heavy (non-hydrogen) atoms. The van der Waals surface area contributed by atoms with Crippen LogP contribution in [-0.4, -0.2) is 24.7 Å². The van der Waals surface area contributed by atoms with Crippen molar-refractivity contribution in [3.63, 3.8) is 0 Å². The lowest BCUT2D eigenvalue weighted by Crippen LogP contribution is -2.32. The van der Waals surface area contributed by atoms with Gasteiger partial charge in [0.25, 0.3) is 5.91 Å². The highest BCUT2D eigenvalue weighted by Gasteiger charge is 2.26. The number of fused-ring (bicyclic) bond motifs is 1. The van der Waals surface area contributed by atoms with Crippen LogP contribution in [-0.2, 0) is 4.79 Å². The number of rotatable bonds is 1. The summed E-state index contributed by atoms with van der Waals surface area (Å²) in [6.07, 6.45) is 0. The minimum atomic E-state index is -0.373. The number of para-hydroxylation sites is 1. The van der Waals surface area contributed by atoms with Gasteiger partial charge >= 0.3 is 0 Å². The Bertz CT molecular complexity index is 676. The predicted molar refractivity (Wildman–Crippen MR) is 81.4 cm³/mol. The molecule has 1 unspecified atom stereocenters. The van der Waals surface area contributed by atoms with E-state index in [1.54, 1.807) is 11.9 Å². The van der Waals surface area contributed by atoms with Crippen molar-refractivity contribution in [3.05, 3.63) is 65.7 Å². The van der Waals surface area contributed by atoms with Crippen molar-refractivity contribution >= 4 is 17.3 Å². The summed E-state index contributed by atoms with van der Waals surface area (Å²) in [7, 11) is 1.81. The second kappa shape index (κ2) is 4.93. The average molecular weight is 264 g/mol. The first-order chi connectivity index (χ1) is 9.68. The van der Waals surface area contributed by atoms with Gasteiger partial charge in [-0.05, 0) is 13.0 Å². The van der Waals surface area contributed by atoms with Gasteiger partial charge in [0.05, 0.1) is 11.4 Å². The smallest absolute Gasteiger partial charge is 0.251 e. The number of carbonyl (C=O) groups excluding carboxylic acids is 1. The lowest BCUT2D eigenvalue weighted by molar-refractivity contribution is -0.119. The Kier molecular flexibility index (Phi) is 3.11. The second-order valence-electron chi connectivity index (χ2n) is 4.93. The Labute approximate surface area is 118 Å². The molecule has 0 spiro atoms. The fourth-order valence-corrected chi connectivity index (χ4v) is 2.51. The number of benzodiazepines with no additional fused rings is 1. The summed E-state index contributed by atoms with van der Waals surface area (Å²) < 4.78 is 0. The minimum absolute atomic E-state index is 0.0170. The van der Waals surface area contributed by atoms with Gasteiger partial charge < -0.3 is 4.90 Å².